The summed E-state index contributed by atoms with van der Waals surface area (Å²) in [5.74, 6) is 0. The number of aryl methyl sites for hydroxylation is 1. The molecule has 0 N–H and O–H groups in total. The van der Waals surface area contributed by atoms with Gasteiger partial charge in [0.2, 0.25) is 0 Å². The van der Waals surface area contributed by atoms with Crippen molar-refractivity contribution in [1.82, 2.24) is 0 Å². The van der Waals surface area contributed by atoms with Crippen LogP contribution in [0, 0.1) is 0 Å². The van der Waals surface area contributed by atoms with Crippen LogP contribution in [0.2, 0.25) is 0 Å². The molecule has 24 heavy (non-hydrogen) atoms. The summed E-state index contributed by atoms with van der Waals surface area (Å²) in [6.07, 6.45) is 15.5. The molecule has 3 nitrogen and oxygen atoms in total. The number of unbranched alkanes of at least 4 members (excludes halogenated alkanes) is 10. The summed E-state index contributed by atoms with van der Waals surface area (Å²) in [6.45, 7) is 2.25. The second kappa shape index (κ2) is 14.3. The average Bonchev–Trinajstić information content (AvgIpc) is 2.52. The zero-order chi connectivity index (χ0) is 17.0. The Kier molecular flexibility index (Phi) is 14.4. The second-order valence-electron chi connectivity index (χ2n) is 6.38. The van der Waals surface area contributed by atoms with Gasteiger partial charge >= 0.3 is 29.6 Å². The summed E-state index contributed by atoms with van der Waals surface area (Å²) in [5, 5.41) is 0. The predicted molar refractivity (Wildman–Crippen MR) is 94.6 cm³/mol. The SMILES string of the molecule is CCCCCCCCCCCCCc1ccc(S(=O)(=O)[O-])cc1.[Na+]. The molecule has 0 radical (unpaired) electrons. The third kappa shape index (κ3) is 11.6. The maximum Gasteiger partial charge on any atom is 1.00 e. The molecule has 0 aliphatic carbocycles. The minimum Gasteiger partial charge on any atom is -0.744 e. The first-order chi connectivity index (χ1) is 11.0. The molecule has 0 unspecified atom stereocenters. The van der Waals surface area contributed by atoms with E-state index in [4.69, 9.17) is 0 Å². The van der Waals surface area contributed by atoms with Crippen LogP contribution in [0.4, 0.5) is 0 Å². The molecule has 0 spiro atoms. The van der Waals surface area contributed by atoms with Gasteiger partial charge in [0.1, 0.15) is 10.1 Å². The van der Waals surface area contributed by atoms with Crippen molar-refractivity contribution >= 4 is 10.1 Å². The average molecular weight is 363 g/mol. The maximum atomic E-state index is 10.8. The molecule has 1 aromatic rings. The topological polar surface area (TPSA) is 57.2 Å². The van der Waals surface area contributed by atoms with Crippen LogP contribution in [0.15, 0.2) is 29.2 Å². The van der Waals surface area contributed by atoms with Crippen LogP contribution in [0.1, 0.15) is 83.1 Å². The van der Waals surface area contributed by atoms with Gasteiger partial charge in [-0.05, 0) is 30.5 Å². The summed E-state index contributed by atoms with van der Waals surface area (Å²) in [7, 11) is -4.32. The van der Waals surface area contributed by atoms with Gasteiger partial charge in [0.15, 0.2) is 0 Å². The van der Waals surface area contributed by atoms with Crippen LogP contribution in [0.3, 0.4) is 0 Å². The molecule has 0 saturated heterocycles. The first-order valence-corrected chi connectivity index (χ1v) is 10.5. The molecule has 0 atom stereocenters. The van der Waals surface area contributed by atoms with Gasteiger partial charge in [-0.3, -0.25) is 0 Å². The summed E-state index contributed by atoms with van der Waals surface area (Å²) in [5.41, 5.74) is 1.10. The van der Waals surface area contributed by atoms with Gasteiger partial charge in [-0.25, -0.2) is 8.42 Å². The molecule has 132 valence electrons. The van der Waals surface area contributed by atoms with Gasteiger partial charge in [0.05, 0.1) is 4.90 Å². The third-order valence-corrected chi connectivity index (χ3v) is 5.13. The van der Waals surface area contributed by atoms with Gasteiger partial charge in [0.25, 0.3) is 0 Å². The Morgan fingerprint density at radius 1 is 0.750 bits per heavy atom. The van der Waals surface area contributed by atoms with E-state index in [1.165, 1.54) is 76.3 Å². The molecule has 1 rings (SSSR count). The van der Waals surface area contributed by atoms with Gasteiger partial charge in [0, 0.05) is 0 Å². The van der Waals surface area contributed by atoms with Crippen LogP contribution >= 0.6 is 0 Å². The van der Waals surface area contributed by atoms with E-state index in [0.29, 0.717) is 0 Å². The Hall–Kier alpha value is 0.130. The normalized spacial score (nSPS) is 11.2. The fourth-order valence-electron chi connectivity index (χ4n) is 2.82. The Balaban J connectivity index is 0.00000529. The Morgan fingerprint density at radius 3 is 1.58 bits per heavy atom. The minimum absolute atomic E-state index is 0. The van der Waals surface area contributed by atoms with E-state index in [2.05, 4.69) is 6.92 Å². The van der Waals surface area contributed by atoms with Crippen molar-refractivity contribution in [1.29, 1.82) is 0 Å². The van der Waals surface area contributed by atoms with Crippen LogP contribution in [-0.2, 0) is 16.5 Å². The standard InChI is InChI=1S/C19H32O3S.Na/c1-2-3-4-5-6-7-8-9-10-11-12-13-18-14-16-19(17-15-18)23(20,21)22;/h14-17H,2-13H2,1H3,(H,20,21,22);/q;+1/p-1. The summed E-state index contributed by atoms with van der Waals surface area (Å²) in [4.78, 5) is -0.139. The van der Waals surface area contributed by atoms with Crippen molar-refractivity contribution in [3.05, 3.63) is 29.8 Å². The van der Waals surface area contributed by atoms with E-state index in [-0.39, 0.29) is 34.5 Å². The largest absolute Gasteiger partial charge is 1.00 e. The molecule has 5 heteroatoms. The molecule has 0 bridgehead atoms. The van der Waals surface area contributed by atoms with Crippen molar-refractivity contribution < 1.29 is 42.5 Å². The van der Waals surface area contributed by atoms with E-state index >= 15 is 0 Å². The van der Waals surface area contributed by atoms with Gasteiger partial charge in [-0.2, -0.15) is 0 Å². The van der Waals surface area contributed by atoms with Crippen molar-refractivity contribution in [2.75, 3.05) is 0 Å². The second-order valence-corrected chi connectivity index (χ2v) is 7.76. The molecule has 0 amide bonds. The minimum atomic E-state index is -4.32. The van der Waals surface area contributed by atoms with Crippen molar-refractivity contribution in [3.63, 3.8) is 0 Å². The van der Waals surface area contributed by atoms with Gasteiger partial charge in [-0.1, -0.05) is 83.3 Å². The van der Waals surface area contributed by atoms with E-state index in [9.17, 15) is 13.0 Å². The fourth-order valence-corrected chi connectivity index (χ4v) is 3.29. The number of hydrogen-bond donors (Lipinski definition) is 0. The zero-order valence-electron chi connectivity index (χ0n) is 15.4. The molecular weight excluding hydrogens is 331 g/mol. The number of rotatable bonds is 13. The third-order valence-electron chi connectivity index (χ3n) is 4.28. The molecule has 0 saturated carbocycles. The molecule has 0 aromatic heterocycles. The summed E-state index contributed by atoms with van der Waals surface area (Å²) >= 11 is 0. The van der Waals surface area contributed by atoms with Gasteiger partial charge < -0.3 is 4.55 Å². The summed E-state index contributed by atoms with van der Waals surface area (Å²) in [6, 6.07) is 6.33. The van der Waals surface area contributed by atoms with Crippen LogP contribution in [0.5, 0.6) is 0 Å². The van der Waals surface area contributed by atoms with E-state index < -0.39 is 10.1 Å². The van der Waals surface area contributed by atoms with Crippen LogP contribution in [-0.4, -0.2) is 13.0 Å². The van der Waals surface area contributed by atoms with E-state index in [1.807, 2.05) is 0 Å². The van der Waals surface area contributed by atoms with Crippen LogP contribution < -0.4 is 29.6 Å². The smallest absolute Gasteiger partial charge is 0.744 e. The van der Waals surface area contributed by atoms with Crippen molar-refractivity contribution in [2.24, 2.45) is 0 Å². The Bertz CT molecular complexity index is 512. The fraction of sp³-hybridized carbons (Fsp3) is 0.684. The molecular formula is C19H31NaO3S. The predicted octanol–water partition coefficient (Wildman–Crippen LogP) is 2.45. The molecule has 0 heterocycles. The van der Waals surface area contributed by atoms with Gasteiger partial charge in [-0.15, -0.1) is 0 Å². The molecule has 0 fully saturated rings. The first kappa shape index (κ1) is 24.1. The summed E-state index contributed by atoms with van der Waals surface area (Å²) < 4.78 is 32.5. The molecule has 1 aromatic carbocycles. The molecule has 0 aliphatic heterocycles. The first-order valence-electron chi connectivity index (χ1n) is 9.09. The molecule has 0 aliphatic rings. The van der Waals surface area contributed by atoms with E-state index in [1.54, 1.807) is 12.1 Å². The number of hydrogen-bond acceptors (Lipinski definition) is 3. The van der Waals surface area contributed by atoms with Crippen molar-refractivity contribution in [3.8, 4) is 0 Å². The monoisotopic (exact) mass is 362 g/mol. The zero-order valence-corrected chi connectivity index (χ0v) is 18.2. The quantitative estimate of drug-likeness (QED) is 0.308. The van der Waals surface area contributed by atoms with E-state index in [0.717, 1.165) is 18.4 Å². The number of benzene rings is 1. The Labute approximate surface area is 170 Å². The maximum absolute atomic E-state index is 10.8. The van der Waals surface area contributed by atoms with Crippen LogP contribution in [0.25, 0.3) is 0 Å². The van der Waals surface area contributed by atoms with Crippen molar-refractivity contribution in [2.45, 2.75) is 88.9 Å². The Morgan fingerprint density at radius 2 is 1.17 bits per heavy atom.